The lowest BCUT2D eigenvalue weighted by Gasteiger charge is -2.51. The van der Waals surface area contributed by atoms with E-state index < -0.39 is 4.92 Å². The van der Waals surface area contributed by atoms with E-state index in [2.05, 4.69) is 31.9 Å². The molecule has 0 aliphatic carbocycles. The number of piperazine rings is 3. The van der Waals surface area contributed by atoms with Gasteiger partial charge in [0.2, 0.25) is 5.13 Å². The van der Waals surface area contributed by atoms with E-state index in [4.69, 9.17) is 11.6 Å². The standard InChI is InChI=1S/C19H25ClN7O2S/c1-2-25(8-12-27-9-5-24(6-10-27)7-11-27)15-3-4-17(16(20)13-15)22-23-19-21-14-18(30-19)26(28)29/h3-4,13-14H,2,5-12H2,1H3/q+1/b23-22+. The summed E-state index contributed by atoms with van der Waals surface area (Å²) in [7, 11) is 0. The highest BCUT2D eigenvalue weighted by atomic mass is 35.5. The molecule has 0 spiro atoms. The number of hydrogen-bond acceptors (Lipinski definition) is 8. The summed E-state index contributed by atoms with van der Waals surface area (Å²) in [5, 5.41) is 19.5. The highest BCUT2D eigenvalue weighted by Gasteiger charge is 2.38. The first-order chi connectivity index (χ1) is 14.5. The second-order valence-electron chi connectivity index (χ2n) is 7.73. The third kappa shape index (κ3) is 4.61. The smallest absolute Gasteiger partial charge is 0.345 e. The lowest BCUT2D eigenvalue weighted by atomic mass is 10.1. The maximum absolute atomic E-state index is 10.7. The zero-order chi connectivity index (χ0) is 21.1. The minimum Gasteiger partial charge on any atom is -0.366 e. The normalized spacial score (nSPS) is 23.2. The Balaban J connectivity index is 1.41. The lowest BCUT2D eigenvalue weighted by Crippen LogP contribution is -2.68. The second-order valence-corrected chi connectivity index (χ2v) is 9.13. The molecule has 9 nitrogen and oxygen atoms in total. The molecule has 3 saturated heterocycles. The fraction of sp³-hybridized carbons (Fsp3) is 0.526. The largest absolute Gasteiger partial charge is 0.366 e. The molecule has 0 amide bonds. The third-order valence-electron chi connectivity index (χ3n) is 6.10. The van der Waals surface area contributed by atoms with Crippen LogP contribution >= 0.6 is 22.9 Å². The number of nitrogens with zero attached hydrogens (tertiary/aromatic N) is 7. The second kappa shape index (κ2) is 8.93. The van der Waals surface area contributed by atoms with Gasteiger partial charge in [-0.1, -0.05) is 11.6 Å². The average Bonchev–Trinajstić information content (AvgIpc) is 3.24. The maximum atomic E-state index is 10.7. The molecule has 2 bridgehead atoms. The van der Waals surface area contributed by atoms with Crippen molar-refractivity contribution in [2.24, 2.45) is 10.2 Å². The summed E-state index contributed by atoms with van der Waals surface area (Å²) >= 11 is 7.32. The van der Waals surface area contributed by atoms with Gasteiger partial charge < -0.3 is 9.38 Å². The number of halogens is 1. The fourth-order valence-corrected chi connectivity index (χ4v) is 4.89. The highest BCUT2D eigenvalue weighted by Crippen LogP contribution is 2.33. The van der Waals surface area contributed by atoms with Crippen LogP contribution in [-0.2, 0) is 0 Å². The predicted octanol–water partition coefficient (Wildman–Crippen LogP) is 4.09. The number of azo groups is 1. The molecule has 160 valence electrons. The number of benzene rings is 1. The monoisotopic (exact) mass is 450 g/mol. The van der Waals surface area contributed by atoms with Gasteiger partial charge in [-0.05, 0) is 36.5 Å². The van der Waals surface area contributed by atoms with Crippen molar-refractivity contribution in [3.05, 3.63) is 39.5 Å². The molecule has 0 radical (unpaired) electrons. The molecule has 2 aromatic rings. The summed E-state index contributed by atoms with van der Waals surface area (Å²) in [4.78, 5) is 19.1. The van der Waals surface area contributed by atoms with Gasteiger partial charge in [0, 0.05) is 31.9 Å². The Morgan fingerprint density at radius 2 is 2.03 bits per heavy atom. The number of anilines is 1. The Labute approximate surface area is 184 Å². The van der Waals surface area contributed by atoms with Crippen LogP contribution in [0.4, 0.5) is 21.5 Å². The molecule has 30 heavy (non-hydrogen) atoms. The van der Waals surface area contributed by atoms with Crippen molar-refractivity contribution in [1.82, 2.24) is 9.88 Å². The van der Waals surface area contributed by atoms with E-state index in [-0.39, 0.29) is 10.1 Å². The molecule has 0 atom stereocenters. The van der Waals surface area contributed by atoms with Gasteiger partial charge in [0.25, 0.3) is 0 Å². The topological polar surface area (TPSA) is 87.2 Å². The molecule has 1 aromatic carbocycles. The molecule has 0 unspecified atom stereocenters. The third-order valence-corrected chi connectivity index (χ3v) is 7.23. The molecular formula is C19H25ClN7O2S+. The minimum absolute atomic E-state index is 0.0644. The van der Waals surface area contributed by atoms with Crippen LogP contribution in [0, 0.1) is 10.1 Å². The van der Waals surface area contributed by atoms with Crippen LogP contribution in [-0.4, -0.2) is 78.2 Å². The molecule has 4 heterocycles. The highest BCUT2D eigenvalue weighted by molar-refractivity contribution is 7.18. The minimum atomic E-state index is -0.493. The summed E-state index contributed by atoms with van der Waals surface area (Å²) in [6.45, 7) is 12.7. The molecular weight excluding hydrogens is 426 g/mol. The summed E-state index contributed by atoms with van der Waals surface area (Å²) < 4.78 is 1.23. The SMILES string of the molecule is CCN(CC[N+]12CCN(CC1)CC2)c1ccc(/N=N/c2ncc([N+](=O)[O-])s2)c(Cl)c1. The zero-order valence-corrected chi connectivity index (χ0v) is 18.5. The number of fused-ring (bicyclic) bond motifs is 3. The van der Waals surface area contributed by atoms with E-state index in [0.29, 0.717) is 10.7 Å². The molecule has 3 aliphatic rings. The molecule has 11 heteroatoms. The number of hydrogen-bond donors (Lipinski definition) is 0. The van der Waals surface area contributed by atoms with Crippen LogP contribution in [0.25, 0.3) is 0 Å². The predicted molar refractivity (Wildman–Crippen MR) is 118 cm³/mol. The van der Waals surface area contributed by atoms with Gasteiger partial charge in [-0.15, -0.1) is 10.2 Å². The van der Waals surface area contributed by atoms with Crippen molar-refractivity contribution < 1.29 is 9.41 Å². The van der Waals surface area contributed by atoms with Crippen molar-refractivity contribution in [3.8, 4) is 0 Å². The summed E-state index contributed by atoms with van der Waals surface area (Å²) in [6.07, 6.45) is 1.18. The fourth-order valence-electron chi connectivity index (χ4n) is 4.13. The van der Waals surface area contributed by atoms with Crippen LogP contribution in [0.1, 0.15) is 6.92 Å². The van der Waals surface area contributed by atoms with Gasteiger partial charge in [0.1, 0.15) is 11.9 Å². The maximum Gasteiger partial charge on any atom is 0.345 e. The van der Waals surface area contributed by atoms with Crippen LogP contribution in [0.3, 0.4) is 0 Å². The van der Waals surface area contributed by atoms with E-state index in [1.807, 2.05) is 18.2 Å². The summed E-state index contributed by atoms with van der Waals surface area (Å²) in [6, 6.07) is 5.75. The van der Waals surface area contributed by atoms with Gasteiger partial charge in [-0.3, -0.25) is 15.0 Å². The van der Waals surface area contributed by atoms with E-state index in [1.54, 1.807) is 0 Å². The molecule has 0 saturated carbocycles. The number of nitro groups is 1. The Morgan fingerprint density at radius 3 is 2.63 bits per heavy atom. The van der Waals surface area contributed by atoms with Gasteiger partial charge in [-0.2, -0.15) is 0 Å². The van der Waals surface area contributed by atoms with Crippen LogP contribution in [0.2, 0.25) is 5.02 Å². The molecule has 3 fully saturated rings. The van der Waals surface area contributed by atoms with Crippen LogP contribution in [0.5, 0.6) is 0 Å². The van der Waals surface area contributed by atoms with Crippen molar-refractivity contribution in [1.29, 1.82) is 0 Å². The zero-order valence-electron chi connectivity index (χ0n) is 16.9. The first kappa shape index (κ1) is 21.1. The van der Waals surface area contributed by atoms with E-state index in [1.165, 1.54) is 49.9 Å². The lowest BCUT2D eigenvalue weighted by molar-refractivity contribution is -0.939. The Bertz CT molecular complexity index is 929. The van der Waals surface area contributed by atoms with Crippen molar-refractivity contribution in [3.63, 3.8) is 0 Å². The first-order valence-electron chi connectivity index (χ1n) is 10.1. The van der Waals surface area contributed by atoms with E-state index >= 15 is 0 Å². The quantitative estimate of drug-likeness (QED) is 0.261. The number of rotatable bonds is 8. The van der Waals surface area contributed by atoms with Gasteiger partial charge in [0.15, 0.2) is 0 Å². The summed E-state index contributed by atoms with van der Waals surface area (Å²) in [5.74, 6) is 0. The molecule has 0 N–H and O–H groups in total. The van der Waals surface area contributed by atoms with Gasteiger partial charge in [0.05, 0.1) is 42.7 Å². The molecule has 5 rings (SSSR count). The van der Waals surface area contributed by atoms with E-state index in [0.717, 1.165) is 36.7 Å². The Kier molecular flexibility index (Phi) is 6.28. The number of thiazole rings is 1. The van der Waals surface area contributed by atoms with Crippen LogP contribution in [0.15, 0.2) is 34.6 Å². The van der Waals surface area contributed by atoms with Gasteiger partial charge >= 0.3 is 5.00 Å². The van der Waals surface area contributed by atoms with Gasteiger partial charge in [-0.25, -0.2) is 4.98 Å². The molecule has 1 aromatic heterocycles. The van der Waals surface area contributed by atoms with Crippen molar-refractivity contribution >= 4 is 44.4 Å². The molecule has 3 aliphatic heterocycles. The Hall–Kier alpha value is -2.14. The van der Waals surface area contributed by atoms with Crippen molar-refractivity contribution in [2.45, 2.75) is 6.92 Å². The number of likely N-dealkylation sites (N-methyl/N-ethyl adjacent to an activating group) is 1. The van der Waals surface area contributed by atoms with Crippen molar-refractivity contribution in [2.75, 3.05) is 63.8 Å². The van der Waals surface area contributed by atoms with Crippen LogP contribution < -0.4 is 4.90 Å². The Morgan fingerprint density at radius 1 is 1.30 bits per heavy atom. The number of quaternary nitrogens is 1. The summed E-state index contributed by atoms with van der Waals surface area (Å²) in [5.41, 5.74) is 1.59. The van der Waals surface area contributed by atoms with E-state index in [9.17, 15) is 10.1 Å². The average molecular weight is 451 g/mol. The first-order valence-corrected chi connectivity index (χ1v) is 11.3. The number of aromatic nitrogens is 1.